The first kappa shape index (κ1) is 11.0. The maximum atomic E-state index is 8.81. The van der Waals surface area contributed by atoms with Crippen molar-refractivity contribution in [2.24, 2.45) is 0 Å². The van der Waals surface area contributed by atoms with E-state index >= 15 is 0 Å². The highest BCUT2D eigenvalue weighted by molar-refractivity contribution is 6.76. The molecule has 0 fully saturated rings. The van der Waals surface area contributed by atoms with Gasteiger partial charge in [-0.25, -0.2) is 0 Å². The Morgan fingerprint density at radius 2 is 1.43 bits per heavy atom. The molecular weight excluding hydrogens is 182 g/mol. The summed E-state index contributed by atoms with van der Waals surface area (Å²) < 4.78 is 0. The first-order valence-corrected chi connectivity index (χ1v) is 4.10. The Morgan fingerprint density at radius 3 is 1.86 bits per heavy atom. The molecule has 0 unspecified atom stereocenters. The van der Waals surface area contributed by atoms with Gasteiger partial charge in [-0.3, -0.25) is 0 Å². The third-order valence-electron chi connectivity index (χ3n) is 1.73. The second-order valence-corrected chi connectivity index (χ2v) is 2.80. The van der Waals surface area contributed by atoms with Crippen molar-refractivity contribution in [1.29, 1.82) is 0 Å². The van der Waals surface area contributed by atoms with Crippen LogP contribution in [0.25, 0.3) is 6.08 Å². The molecule has 6 heteroatoms. The van der Waals surface area contributed by atoms with Gasteiger partial charge in [-0.1, -0.05) is 36.4 Å². The first-order chi connectivity index (χ1) is 6.61. The van der Waals surface area contributed by atoms with Crippen LogP contribution in [0.1, 0.15) is 5.56 Å². The van der Waals surface area contributed by atoms with Crippen LogP contribution in [0.2, 0.25) is 0 Å². The van der Waals surface area contributed by atoms with Crippen LogP contribution in [0.4, 0.5) is 0 Å². The summed E-state index contributed by atoms with van der Waals surface area (Å²) in [4.78, 5) is 0. The van der Waals surface area contributed by atoms with Crippen LogP contribution in [0.15, 0.2) is 35.7 Å². The monoisotopic (exact) mass is 192 g/mol. The van der Waals surface area contributed by atoms with Gasteiger partial charge < -0.3 is 20.1 Å². The molecule has 1 aromatic rings. The van der Waals surface area contributed by atoms with Crippen LogP contribution < -0.4 is 0 Å². The summed E-state index contributed by atoms with van der Waals surface area (Å²) >= 11 is 0. The van der Waals surface area contributed by atoms with E-state index < -0.39 is 14.2 Å². The fraction of sp³-hybridized carbons (Fsp3) is 0. The highest BCUT2D eigenvalue weighted by Gasteiger charge is 2.25. The molecule has 0 bridgehead atoms. The minimum absolute atomic E-state index is 0.254. The van der Waals surface area contributed by atoms with Gasteiger partial charge in [0, 0.05) is 0 Å². The molecule has 0 spiro atoms. The molecule has 4 nitrogen and oxygen atoms in total. The zero-order valence-electron chi connectivity index (χ0n) is 7.41. The molecule has 72 valence electrons. The molecule has 0 aliphatic rings. The first-order valence-electron chi connectivity index (χ1n) is 4.10. The van der Waals surface area contributed by atoms with Crippen LogP contribution >= 0.6 is 0 Å². The Morgan fingerprint density at radius 1 is 0.929 bits per heavy atom. The summed E-state index contributed by atoms with van der Waals surface area (Å²) in [7, 11) is -3.73. The summed E-state index contributed by atoms with van der Waals surface area (Å²) in [6.07, 6.45) is 1.31. The Balaban J connectivity index is 2.94. The lowest BCUT2D eigenvalue weighted by molar-refractivity contribution is 0.399. The summed E-state index contributed by atoms with van der Waals surface area (Å²) in [5.41, 5.74) is 0.670. The van der Waals surface area contributed by atoms with Gasteiger partial charge in [0.15, 0.2) is 0 Å². The van der Waals surface area contributed by atoms with E-state index in [-0.39, 0.29) is 5.37 Å². The topological polar surface area (TPSA) is 80.9 Å². The van der Waals surface area contributed by atoms with Gasteiger partial charge in [0.25, 0.3) is 0 Å². The lowest BCUT2D eigenvalue weighted by atomic mass is 9.58. The van der Waals surface area contributed by atoms with Crippen molar-refractivity contribution in [3.8, 4) is 0 Å². The average molecular weight is 192 g/mol. The van der Waals surface area contributed by atoms with Crippen LogP contribution in [-0.2, 0) is 0 Å². The van der Waals surface area contributed by atoms with Gasteiger partial charge in [-0.2, -0.15) is 0 Å². The summed E-state index contributed by atoms with van der Waals surface area (Å²) in [6, 6.07) is 8.76. The summed E-state index contributed by atoms with van der Waals surface area (Å²) in [5, 5.41) is 35.0. The Kier molecular flexibility index (Phi) is 3.91. The Labute approximate surface area is 82.4 Å². The molecule has 0 saturated carbocycles. The van der Waals surface area contributed by atoms with E-state index in [0.29, 0.717) is 5.56 Å². The molecule has 1 aromatic carbocycles. The smallest absolute Gasteiger partial charge is 0.424 e. The second kappa shape index (κ2) is 4.97. The fourth-order valence-electron chi connectivity index (χ4n) is 1.02. The van der Waals surface area contributed by atoms with Crippen molar-refractivity contribution in [1.82, 2.24) is 0 Å². The molecular formula is C8H10B2O4. The van der Waals surface area contributed by atoms with E-state index in [1.165, 1.54) is 6.08 Å². The van der Waals surface area contributed by atoms with Crippen molar-refractivity contribution < 1.29 is 20.1 Å². The maximum Gasteiger partial charge on any atom is 0.480 e. The predicted molar refractivity (Wildman–Crippen MR) is 54.8 cm³/mol. The molecule has 0 aliphatic carbocycles. The van der Waals surface area contributed by atoms with Crippen LogP contribution in [0.5, 0.6) is 0 Å². The van der Waals surface area contributed by atoms with E-state index in [4.69, 9.17) is 20.1 Å². The molecule has 0 radical (unpaired) electrons. The fourth-order valence-corrected chi connectivity index (χ4v) is 1.02. The Hall–Kier alpha value is -1.07. The van der Waals surface area contributed by atoms with Gasteiger partial charge in [0.1, 0.15) is 0 Å². The van der Waals surface area contributed by atoms with E-state index in [0.717, 1.165) is 0 Å². The average Bonchev–Trinajstić information content (AvgIpc) is 2.15. The van der Waals surface area contributed by atoms with Gasteiger partial charge >= 0.3 is 14.2 Å². The SMILES string of the molecule is OB(O)C(=Cc1ccccc1)B(O)O. The van der Waals surface area contributed by atoms with Crippen molar-refractivity contribution in [3.63, 3.8) is 0 Å². The molecule has 0 amide bonds. The van der Waals surface area contributed by atoms with Crippen molar-refractivity contribution >= 4 is 20.3 Å². The molecule has 0 saturated heterocycles. The number of rotatable bonds is 3. The molecule has 0 aromatic heterocycles. The van der Waals surface area contributed by atoms with E-state index in [1.54, 1.807) is 24.3 Å². The highest BCUT2D eigenvalue weighted by Crippen LogP contribution is 2.08. The quantitative estimate of drug-likeness (QED) is 0.467. The Bertz CT molecular complexity index is 300. The van der Waals surface area contributed by atoms with Gasteiger partial charge in [0.05, 0.1) is 0 Å². The molecule has 0 atom stereocenters. The lowest BCUT2D eigenvalue weighted by Gasteiger charge is -2.04. The predicted octanol–water partition coefficient (Wildman–Crippen LogP) is -0.906. The molecule has 14 heavy (non-hydrogen) atoms. The zero-order valence-corrected chi connectivity index (χ0v) is 7.41. The highest BCUT2D eigenvalue weighted by atomic mass is 16.4. The van der Waals surface area contributed by atoms with Gasteiger partial charge in [-0.15, -0.1) is 0 Å². The minimum Gasteiger partial charge on any atom is -0.424 e. The van der Waals surface area contributed by atoms with Crippen molar-refractivity contribution in [3.05, 3.63) is 41.3 Å². The molecule has 4 N–H and O–H groups in total. The third-order valence-corrected chi connectivity index (χ3v) is 1.73. The van der Waals surface area contributed by atoms with Crippen molar-refractivity contribution in [2.45, 2.75) is 0 Å². The van der Waals surface area contributed by atoms with E-state index in [9.17, 15) is 0 Å². The number of hydrogen-bond donors (Lipinski definition) is 4. The van der Waals surface area contributed by atoms with Crippen molar-refractivity contribution in [2.75, 3.05) is 0 Å². The maximum absolute atomic E-state index is 8.81. The second-order valence-electron chi connectivity index (χ2n) is 2.80. The number of benzene rings is 1. The van der Waals surface area contributed by atoms with Gasteiger partial charge in [-0.05, 0) is 10.9 Å². The summed E-state index contributed by atoms with van der Waals surface area (Å²) in [6.45, 7) is 0. The standard InChI is InChI=1S/C8H10B2O4/c11-9(12)8(10(13)14)6-7-4-2-1-3-5-7/h1-6,11-14H. The van der Waals surface area contributed by atoms with E-state index in [1.807, 2.05) is 6.07 Å². The molecule has 1 rings (SSSR count). The van der Waals surface area contributed by atoms with Gasteiger partial charge in [0.2, 0.25) is 0 Å². The number of hydrogen-bond acceptors (Lipinski definition) is 4. The normalized spacial score (nSPS) is 9.43. The van der Waals surface area contributed by atoms with E-state index in [2.05, 4.69) is 0 Å². The van der Waals surface area contributed by atoms with Crippen LogP contribution in [-0.4, -0.2) is 34.3 Å². The molecule has 0 heterocycles. The summed E-state index contributed by atoms with van der Waals surface area (Å²) in [5.74, 6) is 0. The third kappa shape index (κ3) is 3.01. The molecule has 0 aliphatic heterocycles. The van der Waals surface area contributed by atoms with Crippen LogP contribution in [0.3, 0.4) is 0 Å². The van der Waals surface area contributed by atoms with Crippen LogP contribution in [0, 0.1) is 0 Å². The lowest BCUT2D eigenvalue weighted by Crippen LogP contribution is -2.29. The largest absolute Gasteiger partial charge is 0.480 e. The zero-order chi connectivity index (χ0) is 10.6. The minimum atomic E-state index is -1.87.